The molecule has 2 atom stereocenters. The van der Waals surface area contributed by atoms with Gasteiger partial charge in [0.25, 0.3) is 5.91 Å². The van der Waals surface area contributed by atoms with E-state index in [1.807, 2.05) is 22.6 Å². The summed E-state index contributed by atoms with van der Waals surface area (Å²) in [6, 6.07) is 4.71. The summed E-state index contributed by atoms with van der Waals surface area (Å²) in [5.41, 5.74) is 3.46. The van der Waals surface area contributed by atoms with E-state index in [0.717, 1.165) is 9.99 Å². The number of halogens is 2. The van der Waals surface area contributed by atoms with E-state index in [2.05, 4.69) is 10.8 Å². The van der Waals surface area contributed by atoms with Crippen LogP contribution in [0.1, 0.15) is 39.7 Å². The van der Waals surface area contributed by atoms with Crippen molar-refractivity contribution >= 4 is 50.5 Å². The lowest BCUT2D eigenvalue weighted by atomic mass is 9.93. The number of aliphatic hydroxyl groups excluding tert-OH is 3. The number of hydrogen-bond acceptors (Lipinski definition) is 7. The number of carbonyl (C=O) groups excluding carboxylic acids is 1. The van der Waals surface area contributed by atoms with Gasteiger partial charge in [-0.1, -0.05) is 0 Å². The molecule has 1 heterocycles. The molecule has 1 aromatic carbocycles. The van der Waals surface area contributed by atoms with Gasteiger partial charge in [0.1, 0.15) is 23.5 Å². The number of carbonyl (C=O) groups is 1. The SMILES string of the molecule is O=C(NOC[C@H](O)CO)c1c(Nc2ccc(I)cc2F)sc2c1CCCC2O. The minimum Gasteiger partial charge on any atom is -0.394 e. The van der Waals surface area contributed by atoms with Gasteiger partial charge in [0, 0.05) is 8.45 Å². The number of anilines is 2. The van der Waals surface area contributed by atoms with Crippen molar-refractivity contribution < 1.29 is 29.3 Å². The zero-order valence-electron chi connectivity index (χ0n) is 14.7. The smallest absolute Gasteiger partial charge is 0.278 e. The molecule has 1 aliphatic carbocycles. The third-order valence-corrected chi connectivity index (χ3v) is 6.22. The van der Waals surface area contributed by atoms with E-state index in [-0.39, 0.29) is 17.9 Å². The first-order valence-electron chi connectivity index (χ1n) is 8.67. The molecular weight excluding hydrogens is 502 g/mol. The van der Waals surface area contributed by atoms with Gasteiger partial charge < -0.3 is 20.6 Å². The van der Waals surface area contributed by atoms with Crippen molar-refractivity contribution in [2.45, 2.75) is 31.5 Å². The average Bonchev–Trinajstić information content (AvgIpc) is 3.03. The van der Waals surface area contributed by atoms with E-state index in [4.69, 9.17) is 9.94 Å². The molecule has 1 aromatic heterocycles. The number of nitrogens with one attached hydrogen (secondary N) is 2. The molecule has 1 amide bonds. The standard InChI is InChI=1S/C18H20FIN2O5S/c19-12-6-9(20)4-5-13(12)21-18-15(17(26)22-27-8-10(24)7-23)11-2-1-3-14(25)16(11)28-18/h4-6,10,14,21,23-25H,1-3,7-8H2,(H,22,26)/t10-,14?/m1/s1. The van der Waals surface area contributed by atoms with Crippen molar-refractivity contribution in [3.63, 3.8) is 0 Å². The van der Waals surface area contributed by atoms with Gasteiger partial charge in [-0.25, -0.2) is 9.87 Å². The molecule has 0 bridgehead atoms. The van der Waals surface area contributed by atoms with Crippen molar-refractivity contribution in [1.29, 1.82) is 0 Å². The van der Waals surface area contributed by atoms with Gasteiger partial charge in [-0.15, -0.1) is 11.3 Å². The minimum absolute atomic E-state index is 0.221. The van der Waals surface area contributed by atoms with Gasteiger partial charge in [0.05, 0.1) is 24.0 Å². The predicted octanol–water partition coefficient (Wildman–Crippen LogP) is 2.62. The Labute approximate surface area is 178 Å². The van der Waals surface area contributed by atoms with Crippen LogP contribution in [-0.2, 0) is 11.3 Å². The van der Waals surface area contributed by atoms with Gasteiger partial charge in [-0.3, -0.25) is 9.63 Å². The number of fused-ring (bicyclic) bond motifs is 1. The molecule has 1 aliphatic rings. The van der Waals surface area contributed by atoms with Crippen molar-refractivity contribution in [2.24, 2.45) is 0 Å². The van der Waals surface area contributed by atoms with Gasteiger partial charge in [-0.2, -0.15) is 0 Å². The second-order valence-corrected chi connectivity index (χ2v) is 8.68. The Bertz CT molecular complexity index is 863. The van der Waals surface area contributed by atoms with Crippen LogP contribution in [0.5, 0.6) is 0 Å². The average molecular weight is 522 g/mol. The number of hydrogen-bond donors (Lipinski definition) is 5. The Hall–Kier alpha value is -1.31. The maximum atomic E-state index is 14.3. The van der Waals surface area contributed by atoms with Gasteiger partial charge in [0.2, 0.25) is 0 Å². The number of amides is 1. The zero-order valence-corrected chi connectivity index (χ0v) is 17.7. The van der Waals surface area contributed by atoms with Crippen LogP contribution >= 0.6 is 33.9 Å². The molecule has 28 heavy (non-hydrogen) atoms. The molecule has 10 heteroatoms. The quantitative estimate of drug-likeness (QED) is 0.283. The van der Waals surface area contributed by atoms with E-state index in [1.165, 1.54) is 17.4 Å². The summed E-state index contributed by atoms with van der Waals surface area (Å²) < 4.78 is 15.0. The van der Waals surface area contributed by atoms with Crippen LogP contribution < -0.4 is 10.8 Å². The summed E-state index contributed by atoms with van der Waals surface area (Å²) in [6.45, 7) is -0.763. The van der Waals surface area contributed by atoms with Crippen LogP contribution in [0.3, 0.4) is 0 Å². The Morgan fingerprint density at radius 1 is 1.46 bits per heavy atom. The second-order valence-electron chi connectivity index (χ2n) is 6.38. The number of aliphatic hydroxyl groups is 3. The van der Waals surface area contributed by atoms with Crippen molar-refractivity contribution in [3.8, 4) is 0 Å². The summed E-state index contributed by atoms with van der Waals surface area (Å²) >= 11 is 3.22. The Balaban J connectivity index is 1.89. The summed E-state index contributed by atoms with van der Waals surface area (Å²) in [6.07, 6.45) is 0.158. The topological polar surface area (TPSA) is 111 Å². The monoisotopic (exact) mass is 522 g/mol. The molecular formula is C18H20FIN2O5S. The predicted molar refractivity (Wildman–Crippen MR) is 111 cm³/mol. The molecule has 5 N–H and O–H groups in total. The van der Waals surface area contributed by atoms with Crippen LogP contribution in [0, 0.1) is 9.39 Å². The van der Waals surface area contributed by atoms with Crippen molar-refractivity contribution in [3.05, 3.63) is 43.6 Å². The van der Waals surface area contributed by atoms with E-state index in [9.17, 15) is 19.4 Å². The van der Waals surface area contributed by atoms with Crippen LogP contribution in [0.4, 0.5) is 15.1 Å². The molecule has 0 fully saturated rings. The molecule has 0 radical (unpaired) electrons. The molecule has 7 nitrogen and oxygen atoms in total. The molecule has 0 aliphatic heterocycles. The zero-order chi connectivity index (χ0) is 20.3. The normalized spacial score (nSPS) is 17.1. The third-order valence-electron chi connectivity index (χ3n) is 4.30. The molecule has 2 aromatic rings. The Morgan fingerprint density at radius 3 is 2.96 bits per heavy atom. The lowest BCUT2D eigenvalue weighted by molar-refractivity contribution is -0.0295. The number of rotatable bonds is 7. The molecule has 0 saturated heterocycles. The van der Waals surface area contributed by atoms with Crippen LogP contribution in [0.25, 0.3) is 0 Å². The highest BCUT2D eigenvalue weighted by Crippen LogP contribution is 2.43. The number of hydroxylamine groups is 1. The first kappa shape index (κ1) is 21.4. The fraction of sp³-hybridized carbons (Fsp3) is 0.389. The second kappa shape index (κ2) is 9.46. The fourth-order valence-electron chi connectivity index (χ4n) is 2.95. The summed E-state index contributed by atoms with van der Waals surface area (Å²) in [5, 5.41) is 31.8. The Kier molecular flexibility index (Phi) is 7.23. The van der Waals surface area contributed by atoms with Gasteiger partial charge >= 0.3 is 0 Å². The van der Waals surface area contributed by atoms with Crippen LogP contribution in [-0.4, -0.2) is 40.5 Å². The van der Waals surface area contributed by atoms with Gasteiger partial charge in [-0.05, 0) is 65.6 Å². The Morgan fingerprint density at radius 2 is 2.25 bits per heavy atom. The van der Waals surface area contributed by atoms with Crippen LogP contribution in [0.2, 0.25) is 0 Å². The first-order valence-corrected chi connectivity index (χ1v) is 10.6. The highest BCUT2D eigenvalue weighted by atomic mass is 127. The third kappa shape index (κ3) is 4.81. The first-order chi connectivity index (χ1) is 13.4. The van der Waals surface area contributed by atoms with E-state index < -0.39 is 30.5 Å². The van der Waals surface area contributed by atoms with E-state index in [1.54, 1.807) is 12.1 Å². The van der Waals surface area contributed by atoms with Crippen LogP contribution in [0.15, 0.2) is 18.2 Å². The minimum atomic E-state index is -1.11. The lowest BCUT2D eigenvalue weighted by Gasteiger charge is -2.18. The highest BCUT2D eigenvalue weighted by Gasteiger charge is 2.30. The summed E-state index contributed by atoms with van der Waals surface area (Å²) in [4.78, 5) is 18.4. The maximum absolute atomic E-state index is 14.3. The molecule has 3 rings (SSSR count). The molecule has 0 spiro atoms. The van der Waals surface area contributed by atoms with Gasteiger partial charge in [0.15, 0.2) is 0 Å². The summed E-state index contributed by atoms with van der Waals surface area (Å²) in [5.74, 6) is -1.02. The lowest BCUT2D eigenvalue weighted by Crippen LogP contribution is -2.30. The molecule has 152 valence electrons. The van der Waals surface area contributed by atoms with E-state index in [0.29, 0.717) is 28.3 Å². The largest absolute Gasteiger partial charge is 0.394 e. The maximum Gasteiger partial charge on any atom is 0.278 e. The highest BCUT2D eigenvalue weighted by molar-refractivity contribution is 14.1. The van der Waals surface area contributed by atoms with Crippen molar-refractivity contribution in [1.82, 2.24) is 5.48 Å². The van der Waals surface area contributed by atoms with E-state index >= 15 is 0 Å². The number of thiophene rings is 1. The fourth-order valence-corrected chi connectivity index (χ4v) is 4.69. The summed E-state index contributed by atoms with van der Waals surface area (Å²) in [7, 11) is 0. The molecule has 1 unspecified atom stereocenters. The molecule has 0 saturated carbocycles. The van der Waals surface area contributed by atoms with Crippen molar-refractivity contribution in [2.75, 3.05) is 18.5 Å². The number of benzene rings is 1.